The largest absolute Gasteiger partial charge is 0.507 e. The number of phenols is 1. The van der Waals surface area contributed by atoms with Crippen LogP contribution in [0.5, 0.6) is 5.75 Å². The van der Waals surface area contributed by atoms with Crippen LogP contribution >= 0.6 is 22.6 Å². The number of fused-ring (bicyclic) bond motifs is 1. The van der Waals surface area contributed by atoms with Crippen LogP contribution in [0.2, 0.25) is 0 Å². The number of nitrogens with two attached hydrogens (primary N) is 6. The van der Waals surface area contributed by atoms with Gasteiger partial charge >= 0.3 is 0 Å². The van der Waals surface area contributed by atoms with E-state index in [0.717, 1.165) is 19.3 Å². The molecule has 2 aromatic rings. The number of amides is 9. The minimum atomic E-state index is -1.68. The normalized spacial score (nSPS) is 21.1. The van der Waals surface area contributed by atoms with Crippen molar-refractivity contribution in [3.8, 4) is 5.75 Å². The van der Waals surface area contributed by atoms with Crippen LogP contribution in [0.1, 0.15) is 94.6 Å². The number of aliphatic imine (C=N–C) groups is 2. The number of nitrogens with zero attached hydrogens (tertiary/aromatic N) is 5. The van der Waals surface area contributed by atoms with E-state index >= 15 is 4.79 Å². The zero-order chi connectivity index (χ0) is 59.6. The van der Waals surface area contributed by atoms with Gasteiger partial charge in [0.2, 0.25) is 53.2 Å². The number of benzene rings is 2. The molecule has 1 aliphatic carbocycles. The summed E-state index contributed by atoms with van der Waals surface area (Å²) in [7, 11) is 0. The highest BCUT2D eigenvalue weighted by Gasteiger charge is 2.50. The average Bonchev–Trinajstić information content (AvgIpc) is 4.44. The van der Waals surface area contributed by atoms with Crippen molar-refractivity contribution < 1.29 is 53.4 Å². The molecule has 1 saturated carbocycles. The second-order valence-corrected chi connectivity index (χ2v) is 22.4. The highest BCUT2D eigenvalue weighted by atomic mass is 127. The molecule has 0 radical (unpaired) electrons. The first-order chi connectivity index (χ1) is 39.2. The van der Waals surface area contributed by atoms with Gasteiger partial charge in [-0.15, -0.1) is 0 Å². The van der Waals surface area contributed by atoms with Crippen LogP contribution in [0, 0.1) is 9.49 Å². The minimum Gasteiger partial charge on any atom is -0.507 e. The first-order valence-electron chi connectivity index (χ1n) is 27.9. The maximum absolute atomic E-state index is 15.2. The van der Waals surface area contributed by atoms with Crippen LogP contribution in [-0.2, 0) is 56.0 Å². The summed E-state index contributed by atoms with van der Waals surface area (Å²) in [6.45, 7) is -0.531. The molecule has 0 spiro atoms. The van der Waals surface area contributed by atoms with E-state index in [1.807, 2.05) is 22.6 Å². The molecule has 9 amide bonds. The smallest absolute Gasteiger partial charge is 0.246 e. The van der Waals surface area contributed by atoms with E-state index in [-0.39, 0.29) is 68.9 Å². The fourth-order valence-electron chi connectivity index (χ4n) is 11.3. The molecule has 3 saturated heterocycles. The van der Waals surface area contributed by atoms with Gasteiger partial charge in [-0.3, -0.25) is 53.1 Å². The van der Waals surface area contributed by atoms with E-state index in [1.165, 1.54) is 20.8 Å². The number of guanidine groups is 2. The Bertz CT molecular complexity index is 2680. The van der Waals surface area contributed by atoms with Crippen molar-refractivity contribution in [2.45, 2.75) is 151 Å². The molecule has 2 aromatic carbocycles. The number of aliphatic hydroxyl groups excluding tert-OH is 1. The number of halogens is 1. The molecule has 27 nitrogen and oxygen atoms in total. The van der Waals surface area contributed by atoms with Gasteiger partial charge in [-0.25, -0.2) is 0 Å². The highest BCUT2D eigenvalue weighted by Crippen LogP contribution is 2.40. The van der Waals surface area contributed by atoms with E-state index in [9.17, 15) is 48.6 Å². The highest BCUT2D eigenvalue weighted by molar-refractivity contribution is 14.1. The molecular weight excluding hydrogens is 1180 g/mol. The van der Waals surface area contributed by atoms with Gasteiger partial charge in [-0.05, 0) is 122 Å². The zero-order valence-electron chi connectivity index (χ0n) is 45.9. The molecule has 6 rings (SSSR count). The lowest BCUT2D eigenvalue weighted by Gasteiger charge is -2.36. The van der Waals surface area contributed by atoms with Crippen LogP contribution in [0.25, 0.3) is 0 Å². The Kier molecular flexibility index (Phi) is 23.9. The van der Waals surface area contributed by atoms with Crippen molar-refractivity contribution in [1.82, 2.24) is 41.3 Å². The summed E-state index contributed by atoms with van der Waals surface area (Å²) in [5, 5.41) is 34.3. The Balaban J connectivity index is 1.14. The fraction of sp³-hybridized carbons (Fsp3) is 0.574. The van der Waals surface area contributed by atoms with Gasteiger partial charge in [0.1, 0.15) is 48.0 Å². The number of primary amides is 1. The molecule has 3 aliphatic heterocycles. The number of likely N-dealkylation sites (tertiary alicyclic amines) is 3. The SMILES string of the molecule is NC(=O)[C@H](CCCN=C(N)N)NC(=O)[C@@H]1C[C@@H]2CCCC[C@@H]2N1C(=O)[C@@H](Cc1ccc(O)c(I)c1)NC(=O)[C@H](CO)NC(=O)[C@H](Cc1ccccc1)NC(=O)CNC(=O)[C@@H]1CCCN1C(=O)[C@@H]1CCCN1C(=O)[C@@H](N)CCCN=C(N)N. The van der Waals surface area contributed by atoms with Crippen LogP contribution in [0.4, 0.5) is 0 Å². The Morgan fingerprint density at radius 3 is 1.93 bits per heavy atom. The van der Waals surface area contributed by atoms with Crippen molar-refractivity contribution >= 4 is 87.7 Å². The van der Waals surface area contributed by atoms with Gasteiger partial charge in [-0.2, -0.15) is 0 Å². The lowest BCUT2D eigenvalue weighted by atomic mass is 9.84. The Hall–Kier alpha value is -7.34. The number of rotatable bonds is 27. The molecule has 28 heteroatoms. The molecular formula is C54H79IN16O11. The Labute approximate surface area is 489 Å². The lowest BCUT2D eigenvalue weighted by Crippen LogP contribution is -2.61. The van der Waals surface area contributed by atoms with Crippen LogP contribution < -0.4 is 61.0 Å². The summed E-state index contributed by atoms with van der Waals surface area (Å²) in [5.74, 6) is -6.44. The summed E-state index contributed by atoms with van der Waals surface area (Å²) in [4.78, 5) is 138. The summed E-state index contributed by atoms with van der Waals surface area (Å²) in [6, 6.07) is 3.56. The molecule has 0 unspecified atom stereocenters. The minimum absolute atomic E-state index is 0.0205. The summed E-state index contributed by atoms with van der Waals surface area (Å²) in [6.07, 6.45) is 5.84. The standard InChI is InChI=1S/C54H79IN16O11/c55-33-24-31(18-19-43(33)73)26-37(51(81)71-39-15-5-4-12-32(39)27-42(71)49(79)66-35(45(57)75)14-7-21-63-54(60)61)67-47(77)38(29-72)68-46(76)36(25-30-10-2-1-3-11-30)65-44(74)28-64-48(78)40-16-8-22-69(40)52(82)41-17-9-23-70(41)50(80)34(56)13-6-20-62-53(58)59/h1-3,10-11,18-19,24,32,34-42,72-73H,4-9,12-17,20-23,25-29,56H2,(H2,57,75)(H,64,78)(H,65,74)(H,66,79)(H,67,77)(H,68,76)(H4,58,59,62)(H4,60,61,63)/t32-,34-,35-,36-,37+,38-,39-,40-,41-,42-/m0/s1. The van der Waals surface area contributed by atoms with Crippen LogP contribution in [0.3, 0.4) is 0 Å². The topological polar surface area (TPSA) is 445 Å². The van der Waals surface area contributed by atoms with E-state index in [1.54, 1.807) is 42.5 Å². The number of aliphatic hydroxyl groups is 1. The number of hydrogen-bond donors (Lipinski definition) is 13. The number of aromatic hydroxyl groups is 1. The summed E-state index contributed by atoms with van der Waals surface area (Å²) in [5.41, 5.74) is 34.7. The average molecular weight is 1260 g/mol. The van der Waals surface area contributed by atoms with Gasteiger partial charge in [0.05, 0.1) is 22.8 Å². The third-order valence-corrected chi connectivity index (χ3v) is 16.3. The summed E-state index contributed by atoms with van der Waals surface area (Å²) >= 11 is 1.92. The van der Waals surface area contributed by atoms with E-state index < -0.39 is 121 Å². The monoisotopic (exact) mass is 1250 g/mol. The van der Waals surface area contributed by atoms with Crippen LogP contribution in [-0.4, -0.2) is 184 Å². The Morgan fingerprint density at radius 2 is 1.27 bits per heavy atom. The van der Waals surface area contributed by atoms with Gasteiger partial charge in [0.15, 0.2) is 11.9 Å². The fourth-order valence-corrected chi connectivity index (χ4v) is 11.9. The molecule has 82 heavy (non-hydrogen) atoms. The maximum Gasteiger partial charge on any atom is 0.246 e. The molecule has 4 fully saturated rings. The predicted molar refractivity (Wildman–Crippen MR) is 310 cm³/mol. The zero-order valence-corrected chi connectivity index (χ0v) is 48.0. The first-order valence-corrected chi connectivity index (χ1v) is 28.9. The molecule has 0 aromatic heterocycles. The van der Waals surface area contributed by atoms with Crippen molar-refractivity contribution in [1.29, 1.82) is 0 Å². The number of nitrogens with one attached hydrogen (secondary N) is 5. The lowest BCUT2D eigenvalue weighted by molar-refractivity contribution is -0.147. The molecule has 4 aliphatic rings. The van der Waals surface area contributed by atoms with Crippen molar-refractivity contribution in [3.63, 3.8) is 0 Å². The number of carbonyl (C=O) groups excluding carboxylic acids is 9. The Morgan fingerprint density at radius 1 is 0.646 bits per heavy atom. The second kappa shape index (κ2) is 30.6. The molecule has 3 heterocycles. The third kappa shape index (κ3) is 17.6. The van der Waals surface area contributed by atoms with Gasteiger partial charge < -0.3 is 85.9 Å². The molecule has 10 atom stereocenters. The van der Waals surface area contributed by atoms with Crippen molar-refractivity contribution in [2.24, 2.45) is 50.3 Å². The number of phenolic OH excluding ortho intramolecular Hbond substituents is 1. The molecule has 448 valence electrons. The van der Waals surface area contributed by atoms with Crippen molar-refractivity contribution in [2.75, 3.05) is 39.3 Å². The van der Waals surface area contributed by atoms with E-state index in [0.29, 0.717) is 72.6 Å². The number of hydrogen-bond acceptors (Lipinski definition) is 14. The van der Waals surface area contributed by atoms with Gasteiger partial charge in [0.25, 0.3) is 0 Å². The second-order valence-electron chi connectivity index (χ2n) is 21.3. The first kappa shape index (κ1) is 63.8. The maximum atomic E-state index is 15.2. The number of carbonyl (C=O) groups is 9. The van der Waals surface area contributed by atoms with Gasteiger partial charge in [-0.1, -0.05) is 49.2 Å². The van der Waals surface area contributed by atoms with Gasteiger partial charge in [0, 0.05) is 45.1 Å². The molecule has 0 bridgehead atoms. The van der Waals surface area contributed by atoms with E-state index in [4.69, 9.17) is 34.4 Å². The van der Waals surface area contributed by atoms with E-state index in [2.05, 4.69) is 36.6 Å². The summed E-state index contributed by atoms with van der Waals surface area (Å²) < 4.78 is 0.453. The third-order valence-electron chi connectivity index (χ3n) is 15.4. The molecule has 19 N–H and O–H groups in total. The van der Waals surface area contributed by atoms with Crippen LogP contribution in [0.15, 0.2) is 58.5 Å². The quantitative estimate of drug-likeness (QED) is 0.0182. The van der Waals surface area contributed by atoms with Crippen molar-refractivity contribution in [3.05, 3.63) is 63.2 Å². The predicted octanol–water partition coefficient (Wildman–Crippen LogP) is -3.11.